The van der Waals surface area contributed by atoms with Crippen molar-refractivity contribution >= 4 is 0 Å². The molecule has 0 unspecified atom stereocenters. The first-order chi connectivity index (χ1) is 13.2. The molecule has 4 rings (SSSR count). The van der Waals surface area contributed by atoms with Gasteiger partial charge in [-0.3, -0.25) is 0 Å². The Kier molecular flexibility index (Phi) is 5.66. The Bertz CT molecular complexity index is 567. The molecule has 0 aliphatic heterocycles. The van der Waals surface area contributed by atoms with Gasteiger partial charge in [-0.25, -0.2) is 0 Å². The second-order valence-corrected chi connectivity index (χ2v) is 11.4. The molecule has 162 valence electrons. The average Bonchev–Trinajstić information content (AvgIpc) is 3.01. The normalized spacial score (nSPS) is 54.5. The smallest absolute Gasteiger partial charge is 0.0602 e. The zero-order valence-electron chi connectivity index (χ0n) is 18.1. The van der Waals surface area contributed by atoms with Gasteiger partial charge in [0.1, 0.15) is 0 Å². The van der Waals surface area contributed by atoms with Gasteiger partial charge in [-0.1, -0.05) is 20.8 Å². The lowest BCUT2D eigenvalue weighted by Crippen LogP contribution is -2.62. The van der Waals surface area contributed by atoms with E-state index in [4.69, 9.17) is 0 Å². The zero-order chi connectivity index (χ0) is 20.3. The van der Waals surface area contributed by atoms with E-state index in [-0.39, 0.29) is 35.7 Å². The first-order valence-corrected chi connectivity index (χ1v) is 11.9. The quantitative estimate of drug-likeness (QED) is 0.589. The molecular formula is C24H42O4. The summed E-state index contributed by atoms with van der Waals surface area (Å²) in [7, 11) is 0. The minimum Gasteiger partial charge on any atom is -0.396 e. The fourth-order valence-corrected chi connectivity index (χ4v) is 8.75. The molecule has 0 aromatic heterocycles. The van der Waals surface area contributed by atoms with Crippen LogP contribution >= 0.6 is 0 Å². The van der Waals surface area contributed by atoms with E-state index >= 15 is 0 Å². The topological polar surface area (TPSA) is 80.9 Å². The largest absolute Gasteiger partial charge is 0.396 e. The molecule has 4 heteroatoms. The molecule has 0 amide bonds. The van der Waals surface area contributed by atoms with Gasteiger partial charge in [0.15, 0.2) is 0 Å². The van der Waals surface area contributed by atoms with E-state index in [0.29, 0.717) is 35.5 Å². The molecule has 0 bridgehead atoms. The summed E-state index contributed by atoms with van der Waals surface area (Å²) < 4.78 is 0. The highest BCUT2D eigenvalue weighted by Crippen LogP contribution is 2.68. The minimum absolute atomic E-state index is 0.117. The molecular weight excluding hydrogens is 352 g/mol. The maximum atomic E-state index is 11.5. The number of hydrogen-bond acceptors (Lipinski definition) is 4. The monoisotopic (exact) mass is 394 g/mol. The summed E-state index contributed by atoms with van der Waals surface area (Å²) >= 11 is 0. The number of fused-ring (bicyclic) bond motifs is 5. The standard InChI is InChI=1S/C24H42O4/c1-14(5-4-10-25)17-6-7-18-22-19(13-21(28)24(17,18)3)23(2)9-8-16(26)11-15(23)12-20(22)27/h14-22,25-28H,4-13H2,1-3H3/t14-,15-,16+,17+,18-,19+,20+,21-,22-,23-,24-/m1/s1. The van der Waals surface area contributed by atoms with Gasteiger partial charge in [0, 0.05) is 6.61 Å². The molecule has 0 saturated heterocycles. The maximum absolute atomic E-state index is 11.5. The summed E-state index contributed by atoms with van der Waals surface area (Å²) in [6, 6.07) is 0. The molecule has 0 radical (unpaired) electrons. The number of rotatable bonds is 4. The van der Waals surface area contributed by atoms with Crippen LogP contribution in [0, 0.1) is 46.3 Å². The Labute approximate surface area is 170 Å². The number of aliphatic hydroxyl groups excluding tert-OH is 4. The summed E-state index contributed by atoms with van der Waals surface area (Å²) in [5.74, 6) is 2.41. The fraction of sp³-hybridized carbons (Fsp3) is 1.00. The molecule has 4 nitrogen and oxygen atoms in total. The maximum Gasteiger partial charge on any atom is 0.0602 e. The summed E-state index contributed by atoms with van der Waals surface area (Å²) in [6.45, 7) is 7.23. The van der Waals surface area contributed by atoms with Crippen LogP contribution in [0.25, 0.3) is 0 Å². The molecule has 28 heavy (non-hydrogen) atoms. The lowest BCUT2D eigenvalue weighted by atomic mass is 9.43. The van der Waals surface area contributed by atoms with Crippen LogP contribution in [0.2, 0.25) is 0 Å². The van der Waals surface area contributed by atoms with Crippen LogP contribution < -0.4 is 0 Å². The molecule has 0 aromatic carbocycles. The molecule has 4 fully saturated rings. The average molecular weight is 395 g/mol. The van der Waals surface area contributed by atoms with Gasteiger partial charge in [0.2, 0.25) is 0 Å². The van der Waals surface area contributed by atoms with Crippen molar-refractivity contribution < 1.29 is 20.4 Å². The van der Waals surface area contributed by atoms with E-state index in [1.165, 1.54) is 0 Å². The summed E-state index contributed by atoms with van der Waals surface area (Å²) in [6.07, 6.45) is 7.62. The fourth-order valence-electron chi connectivity index (χ4n) is 8.75. The van der Waals surface area contributed by atoms with Gasteiger partial charge >= 0.3 is 0 Å². The van der Waals surface area contributed by atoms with Crippen LogP contribution in [-0.4, -0.2) is 45.3 Å². The van der Waals surface area contributed by atoms with Crippen LogP contribution in [-0.2, 0) is 0 Å². The van der Waals surface area contributed by atoms with E-state index in [1.54, 1.807) is 0 Å². The van der Waals surface area contributed by atoms with Crippen molar-refractivity contribution in [2.75, 3.05) is 6.61 Å². The molecule has 0 heterocycles. The van der Waals surface area contributed by atoms with Crippen LogP contribution in [0.1, 0.15) is 78.6 Å². The SMILES string of the molecule is C[C@H](CCCO)[C@@H]1CC[C@@H]2[C@H]3[C@@H](O)C[C@H]4C[C@@H](O)CC[C@@]4(C)[C@H]3C[C@@H](O)[C@@]21C. The predicted molar refractivity (Wildman–Crippen MR) is 109 cm³/mol. The van der Waals surface area contributed by atoms with Gasteiger partial charge in [-0.05, 0) is 104 Å². The van der Waals surface area contributed by atoms with Gasteiger partial charge in [-0.15, -0.1) is 0 Å². The lowest BCUT2D eigenvalue weighted by molar-refractivity contribution is -0.207. The molecule has 4 saturated carbocycles. The summed E-state index contributed by atoms with van der Waals surface area (Å²) in [5, 5.41) is 42.2. The Morgan fingerprint density at radius 3 is 2.43 bits per heavy atom. The van der Waals surface area contributed by atoms with Gasteiger partial charge in [0.05, 0.1) is 18.3 Å². The van der Waals surface area contributed by atoms with Crippen molar-refractivity contribution in [3.63, 3.8) is 0 Å². The molecule has 11 atom stereocenters. The first kappa shape index (κ1) is 21.1. The van der Waals surface area contributed by atoms with Crippen molar-refractivity contribution in [3.05, 3.63) is 0 Å². The zero-order valence-corrected chi connectivity index (χ0v) is 18.1. The lowest BCUT2D eigenvalue weighted by Gasteiger charge is -2.63. The number of hydrogen-bond donors (Lipinski definition) is 4. The molecule has 0 spiro atoms. The minimum atomic E-state index is -0.308. The highest BCUT2D eigenvalue weighted by molar-refractivity contribution is 5.14. The van der Waals surface area contributed by atoms with E-state index in [9.17, 15) is 20.4 Å². The van der Waals surface area contributed by atoms with Gasteiger partial charge in [0.25, 0.3) is 0 Å². The van der Waals surface area contributed by atoms with E-state index in [1.807, 2.05) is 0 Å². The van der Waals surface area contributed by atoms with Gasteiger partial charge < -0.3 is 20.4 Å². The van der Waals surface area contributed by atoms with Crippen LogP contribution in [0.4, 0.5) is 0 Å². The molecule has 4 N–H and O–H groups in total. The highest BCUT2D eigenvalue weighted by atomic mass is 16.3. The summed E-state index contributed by atoms with van der Waals surface area (Å²) in [5.41, 5.74) is 0.0282. The van der Waals surface area contributed by atoms with Crippen LogP contribution in [0.5, 0.6) is 0 Å². The van der Waals surface area contributed by atoms with Crippen molar-refractivity contribution in [1.29, 1.82) is 0 Å². The Morgan fingerprint density at radius 1 is 0.964 bits per heavy atom. The predicted octanol–water partition coefficient (Wildman–Crippen LogP) is 3.36. The van der Waals surface area contributed by atoms with Gasteiger partial charge in [-0.2, -0.15) is 0 Å². The Hall–Kier alpha value is -0.160. The second-order valence-electron chi connectivity index (χ2n) is 11.4. The first-order valence-electron chi connectivity index (χ1n) is 11.9. The highest BCUT2D eigenvalue weighted by Gasteiger charge is 2.65. The van der Waals surface area contributed by atoms with Crippen LogP contribution in [0.15, 0.2) is 0 Å². The summed E-state index contributed by atoms with van der Waals surface area (Å²) in [4.78, 5) is 0. The third-order valence-corrected chi connectivity index (χ3v) is 10.3. The number of aliphatic hydroxyl groups is 4. The Balaban J connectivity index is 1.62. The second kappa shape index (κ2) is 7.51. The van der Waals surface area contributed by atoms with E-state index in [2.05, 4.69) is 20.8 Å². The van der Waals surface area contributed by atoms with E-state index < -0.39 is 0 Å². The van der Waals surface area contributed by atoms with E-state index in [0.717, 1.165) is 57.8 Å². The van der Waals surface area contributed by atoms with Crippen molar-refractivity contribution in [2.45, 2.75) is 96.9 Å². The molecule has 0 aromatic rings. The third-order valence-electron chi connectivity index (χ3n) is 10.3. The Morgan fingerprint density at radius 2 is 1.71 bits per heavy atom. The van der Waals surface area contributed by atoms with Crippen molar-refractivity contribution in [1.82, 2.24) is 0 Å². The van der Waals surface area contributed by atoms with Crippen molar-refractivity contribution in [3.8, 4) is 0 Å². The third kappa shape index (κ3) is 3.01. The molecule has 4 aliphatic rings. The van der Waals surface area contributed by atoms with Crippen LogP contribution in [0.3, 0.4) is 0 Å². The molecule has 4 aliphatic carbocycles. The van der Waals surface area contributed by atoms with Crippen molar-refractivity contribution in [2.24, 2.45) is 46.3 Å².